The van der Waals surface area contributed by atoms with E-state index >= 15 is 0 Å². The Morgan fingerprint density at radius 3 is 2.36 bits per heavy atom. The molecule has 1 aromatic rings. The van der Waals surface area contributed by atoms with Gasteiger partial charge in [0.15, 0.2) is 0 Å². The number of halogens is 2. The summed E-state index contributed by atoms with van der Waals surface area (Å²) in [5, 5.41) is 2.96. The van der Waals surface area contributed by atoms with E-state index in [1.165, 1.54) is 19.3 Å². The van der Waals surface area contributed by atoms with Gasteiger partial charge in [0.1, 0.15) is 5.54 Å². The van der Waals surface area contributed by atoms with Crippen LogP contribution in [-0.4, -0.2) is 37.0 Å². The molecule has 126 valence electrons. The number of carbonyl (C=O) groups excluding carboxylic acids is 1. The number of nitrogens with zero attached hydrogens (tertiary/aromatic N) is 1. The van der Waals surface area contributed by atoms with Crippen LogP contribution in [0.2, 0.25) is 0 Å². The number of nitrogens with one attached hydrogen (secondary N) is 1. The van der Waals surface area contributed by atoms with Crippen molar-refractivity contribution in [2.75, 3.05) is 26.2 Å². The number of piperidine rings is 1. The zero-order chi connectivity index (χ0) is 14.4. The number of benzene rings is 1. The Labute approximate surface area is 145 Å². The van der Waals surface area contributed by atoms with Crippen molar-refractivity contribution >= 4 is 30.7 Å². The first kappa shape index (κ1) is 21.2. The standard InChI is InChI=1S/C16H25N3O.2ClH/c1-16(17,14-8-4-2-5-9-14)15(20)18-10-13-19-11-6-3-7-12-19;;/h2,4-5,8-9H,3,6-7,10-13,17H2,1H3,(H,18,20);2*1H. The minimum atomic E-state index is -0.969. The quantitative estimate of drug-likeness (QED) is 0.859. The Kier molecular flexibility index (Phi) is 9.69. The van der Waals surface area contributed by atoms with Crippen LogP contribution in [0.25, 0.3) is 0 Å². The number of hydrogen-bond acceptors (Lipinski definition) is 3. The van der Waals surface area contributed by atoms with Crippen LogP contribution in [0, 0.1) is 0 Å². The predicted molar refractivity (Wildman–Crippen MR) is 95.8 cm³/mol. The van der Waals surface area contributed by atoms with Gasteiger partial charge in [0.05, 0.1) is 0 Å². The number of nitrogens with two attached hydrogens (primary N) is 1. The molecule has 1 unspecified atom stereocenters. The lowest BCUT2D eigenvalue weighted by Crippen LogP contribution is -2.50. The van der Waals surface area contributed by atoms with Gasteiger partial charge in [0.2, 0.25) is 5.91 Å². The Morgan fingerprint density at radius 2 is 1.77 bits per heavy atom. The molecule has 1 heterocycles. The van der Waals surface area contributed by atoms with Crippen molar-refractivity contribution < 1.29 is 4.79 Å². The molecule has 0 bridgehead atoms. The lowest BCUT2D eigenvalue weighted by atomic mass is 9.92. The highest BCUT2D eigenvalue weighted by Gasteiger charge is 2.29. The van der Waals surface area contributed by atoms with E-state index in [4.69, 9.17) is 5.73 Å². The largest absolute Gasteiger partial charge is 0.353 e. The summed E-state index contributed by atoms with van der Waals surface area (Å²) in [5.74, 6) is -0.110. The minimum absolute atomic E-state index is 0. The topological polar surface area (TPSA) is 58.4 Å². The fourth-order valence-electron chi connectivity index (χ4n) is 2.61. The van der Waals surface area contributed by atoms with E-state index in [-0.39, 0.29) is 30.7 Å². The highest BCUT2D eigenvalue weighted by Crippen LogP contribution is 2.17. The average Bonchev–Trinajstić information content (AvgIpc) is 2.49. The van der Waals surface area contributed by atoms with Crippen LogP contribution < -0.4 is 11.1 Å². The molecule has 1 aromatic carbocycles. The summed E-state index contributed by atoms with van der Waals surface area (Å²) in [6.07, 6.45) is 3.87. The van der Waals surface area contributed by atoms with Crippen molar-refractivity contribution in [2.24, 2.45) is 5.73 Å². The van der Waals surface area contributed by atoms with Crippen molar-refractivity contribution in [3.8, 4) is 0 Å². The van der Waals surface area contributed by atoms with Crippen LogP contribution in [0.4, 0.5) is 0 Å². The summed E-state index contributed by atoms with van der Waals surface area (Å²) in [6, 6.07) is 9.52. The van der Waals surface area contributed by atoms with Gasteiger partial charge in [0, 0.05) is 13.1 Å². The smallest absolute Gasteiger partial charge is 0.244 e. The number of carbonyl (C=O) groups is 1. The summed E-state index contributed by atoms with van der Waals surface area (Å²) >= 11 is 0. The highest BCUT2D eigenvalue weighted by atomic mass is 35.5. The molecule has 6 heteroatoms. The molecule has 0 aromatic heterocycles. The van der Waals surface area contributed by atoms with Crippen LogP contribution in [0.5, 0.6) is 0 Å². The first-order valence-corrected chi connectivity index (χ1v) is 7.46. The van der Waals surface area contributed by atoms with Crippen LogP contribution in [0.3, 0.4) is 0 Å². The molecule has 1 aliphatic heterocycles. The maximum absolute atomic E-state index is 12.3. The molecule has 1 aliphatic rings. The first-order chi connectivity index (χ1) is 9.60. The summed E-state index contributed by atoms with van der Waals surface area (Å²) < 4.78 is 0. The van der Waals surface area contributed by atoms with Crippen molar-refractivity contribution in [2.45, 2.75) is 31.7 Å². The summed E-state index contributed by atoms with van der Waals surface area (Å²) in [7, 11) is 0. The van der Waals surface area contributed by atoms with E-state index in [9.17, 15) is 4.79 Å². The number of rotatable bonds is 5. The Bertz CT molecular complexity index is 434. The molecule has 1 fully saturated rings. The second-order valence-corrected chi connectivity index (χ2v) is 5.73. The molecule has 1 saturated heterocycles. The van der Waals surface area contributed by atoms with Gasteiger partial charge in [-0.2, -0.15) is 0 Å². The van der Waals surface area contributed by atoms with E-state index < -0.39 is 5.54 Å². The molecule has 3 N–H and O–H groups in total. The Morgan fingerprint density at radius 1 is 1.18 bits per heavy atom. The summed E-state index contributed by atoms with van der Waals surface area (Å²) in [6.45, 7) is 5.64. The van der Waals surface area contributed by atoms with Gasteiger partial charge < -0.3 is 16.0 Å². The fraction of sp³-hybridized carbons (Fsp3) is 0.562. The zero-order valence-corrected chi connectivity index (χ0v) is 14.7. The summed E-state index contributed by atoms with van der Waals surface area (Å²) in [5.41, 5.74) is 6.05. The molecular formula is C16H27Cl2N3O. The average molecular weight is 348 g/mol. The van der Waals surface area contributed by atoms with Crippen LogP contribution in [0.1, 0.15) is 31.7 Å². The first-order valence-electron chi connectivity index (χ1n) is 7.46. The third-order valence-corrected chi connectivity index (χ3v) is 4.01. The summed E-state index contributed by atoms with van der Waals surface area (Å²) in [4.78, 5) is 14.7. The minimum Gasteiger partial charge on any atom is -0.353 e. The molecule has 1 amide bonds. The molecule has 0 aliphatic carbocycles. The van der Waals surface area contributed by atoms with Gasteiger partial charge in [0.25, 0.3) is 0 Å². The Balaban J connectivity index is 0.00000220. The van der Waals surface area contributed by atoms with Crippen LogP contribution in [0.15, 0.2) is 30.3 Å². The Hall–Kier alpha value is -0.810. The van der Waals surface area contributed by atoms with E-state index in [0.29, 0.717) is 6.54 Å². The lowest BCUT2D eigenvalue weighted by molar-refractivity contribution is -0.126. The van der Waals surface area contributed by atoms with E-state index in [0.717, 1.165) is 25.2 Å². The van der Waals surface area contributed by atoms with Gasteiger partial charge >= 0.3 is 0 Å². The third-order valence-electron chi connectivity index (χ3n) is 4.01. The van der Waals surface area contributed by atoms with Crippen LogP contribution in [-0.2, 0) is 10.3 Å². The van der Waals surface area contributed by atoms with Gasteiger partial charge in [-0.15, -0.1) is 24.8 Å². The van der Waals surface area contributed by atoms with Gasteiger partial charge in [-0.3, -0.25) is 4.79 Å². The van der Waals surface area contributed by atoms with Gasteiger partial charge in [-0.1, -0.05) is 36.8 Å². The molecule has 0 radical (unpaired) electrons. The van der Waals surface area contributed by atoms with Crippen molar-refractivity contribution in [1.29, 1.82) is 0 Å². The molecule has 0 spiro atoms. The predicted octanol–water partition coefficient (Wildman–Crippen LogP) is 2.31. The molecule has 4 nitrogen and oxygen atoms in total. The van der Waals surface area contributed by atoms with Crippen molar-refractivity contribution in [3.05, 3.63) is 35.9 Å². The maximum atomic E-state index is 12.3. The van der Waals surface area contributed by atoms with E-state index in [1.54, 1.807) is 6.92 Å². The fourth-order valence-corrected chi connectivity index (χ4v) is 2.61. The van der Waals surface area contributed by atoms with E-state index in [2.05, 4.69) is 10.2 Å². The molecule has 0 saturated carbocycles. The van der Waals surface area contributed by atoms with Gasteiger partial charge in [-0.25, -0.2) is 0 Å². The lowest BCUT2D eigenvalue weighted by Gasteiger charge is -2.28. The second kappa shape index (κ2) is 10.1. The maximum Gasteiger partial charge on any atom is 0.244 e. The highest BCUT2D eigenvalue weighted by molar-refractivity contribution is 5.87. The normalized spacial score (nSPS) is 17.5. The number of likely N-dealkylation sites (tertiary alicyclic amines) is 1. The molecule has 1 atom stereocenters. The van der Waals surface area contributed by atoms with Crippen LogP contribution >= 0.6 is 24.8 Å². The number of amides is 1. The zero-order valence-electron chi connectivity index (χ0n) is 13.1. The van der Waals surface area contributed by atoms with Crippen molar-refractivity contribution in [3.63, 3.8) is 0 Å². The number of hydrogen-bond donors (Lipinski definition) is 2. The van der Waals surface area contributed by atoms with E-state index in [1.807, 2.05) is 30.3 Å². The second-order valence-electron chi connectivity index (χ2n) is 5.73. The molecule has 2 rings (SSSR count). The molecule has 22 heavy (non-hydrogen) atoms. The monoisotopic (exact) mass is 347 g/mol. The van der Waals surface area contributed by atoms with Gasteiger partial charge in [-0.05, 0) is 38.4 Å². The van der Waals surface area contributed by atoms with Crippen molar-refractivity contribution in [1.82, 2.24) is 10.2 Å². The third kappa shape index (κ3) is 5.76. The SMILES string of the molecule is CC(N)(C(=O)NCCN1CCCCC1)c1ccccc1.Cl.Cl. The molecular weight excluding hydrogens is 321 g/mol.